The molecule has 1 N–H and O–H groups in total. The molecule has 0 bridgehead atoms. The first-order valence-electron chi connectivity index (χ1n) is 5.28. The van der Waals surface area contributed by atoms with Crippen LogP contribution in [0.15, 0.2) is 23.1 Å². The van der Waals surface area contributed by atoms with Crippen LogP contribution in [0.1, 0.15) is 6.42 Å². The smallest absolute Gasteiger partial charge is 0.306 e. The molecule has 0 aliphatic heterocycles. The summed E-state index contributed by atoms with van der Waals surface area (Å²) in [5.74, 6) is -1.87. The number of hydrogen-bond acceptors (Lipinski definition) is 6. The molecule has 0 fully saturated rings. The SMILES string of the molecule is COC(=O)CCNS(=O)(=O)c1ccc([N+](=O)[O-])c(F)c1. The van der Waals surface area contributed by atoms with Crippen LogP contribution in [-0.4, -0.2) is 33.0 Å². The molecule has 0 atom stereocenters. The number of sulfonamides is 1. The molecule has 1 aromatic rings. The summed E-state index contributed by atoms with van der Waals surface area (Å²) in [6.45, 7) is -0.229. The lowest BCUT2D eigenvalue weighted by Crippen LogP contribution is -2.26. The topological polar surface area (TPSA) is 116 Å². The van der Waals surface area contributed by atoms with E-state index in [0.29, 0.717) is 6.07 Å². The Bertz CT molecular complexity index is 631. The highest BCUT2D eigenvalue weighted by Crippen LogP contribution is 2.20. The molecular weight excluding hydrogens is 295 g/mol. The number of nitro groups is 1. The molecule has 0 aliphatic carbocycles. The van der Waals surface area contributed by atoms with Crippen LogP contribution in [0, 0.1) is 15.9 Å². The number of nitro benzene ring substituents is 1. The fourth-order valence-corrected chi connectivity index (χ4v) is 2.32. The third-order valence-corrected chi connectivity index (χ3v) is 3.73. The lowest BCUT2D eigenvalue weighted by molar-refractivity contribution is -0.387. The summed E-state index contributed by atoms with van der Waals surface area (Å²) in [5, 5.41) is 10.4. The van der Waals surface area contributed by atoms with E-state index < -0.39 is 37.3 Å². The largest absolute Gasteiger partial charge is 0.469 e. The molecule has 0 saturated carbocycles. The van der Waals surface area contributed by atoms with Crippen LogP contribution in [0.5, 0.6) is 0 Å². The van der Waals surface area contributed by atoms with Crippen molar-refractivity contribution in [1.29, 1.82) is 0 Å². The number of benzene rings is 1. The van der Waals surface area contributed by atoms with Crippen LogP contribution >= 0.6 is 0 Å². The maximum atomic E-state index is 13.3. The molecule has 0 amide bonds. The Morgan fingerprint density at radius 1 is 1.50 bits per heavy atom. The van der Waals surface area contributed by atoms with Gasteiger partial charge in [-0.2, -0.15) is 4.39 Å². The lowest BCUT2D eigenvalue weighted by atomic mass is 10.3. The van der Waals surface area contributed by atoms with E-state index in [2.05, 4.69) is 9.46 Å². The highest BCUT2D eigenvalue weighted by atomic mass is 32.2. The van der Waals surface area contributed by atoms with Crippen LogP contribution < -0.4 is 4.72 Å². The first kappa shape index (κ1) is 16.0. The van der Waals surface area contributed by atoms with Crippen LogP contribution in [0.2, 0.25) is 0 Å². The number of halogens is 1. The highest BCUT2D eigenvalue weighted by molar-refractivity contribution is 7.89. The zero-order valence-electron chi connectivity index (χ0n) is 10.3. The second-order valence-electron chi connectivity index (χ2n) is 3.59. The van der Waals surface area contributed by atoms with E-state index in [1.165, 1.54) is 0 Å². The Hall–Kier alpha value is -2.07. The van der Waals surface area contributed by atoms with E-state index in [1.54, 1.807) is 0 Å². The Morgan fingerprint density at radius 2 is 2.15 bits per heavy atom. The second-order valence-corrected chi connectivity index (χ2v) is 5.36. The van der Waals surface area contributed by atoms with Crippen LogP contribution in [0.25, 0.3) is 0 Å². The number of esters is 1. The van der Waals surface area contributed by atoms with Crippen molar-refractivity contribution in [3.05, 3.63) is 34.1 Å². The average Bonchev–Trinajstić information content (AvgIpc) is 2.37. The number of rotatable bonds is 6. The first-order valence-corrected chi connectivity index (χ1v) is 6.76. The Morgan fingerprint density at radius 3 is 2.65 bits per heavy atom. The van der Waals surface area contributed by atoms with Crippen molar-refractivity contribution < 1.29 is 27.3 Å². The maximum Gasteiger partial charge on any atom is 0.306 e. The lowest BCUT2D eigenvalue weighted by Gasteiger charge is -2.06. The Labute approximate surface area is 113 Å². The van der Waals surface area contributed by atoms with Crippen molar-refractivity contribution in [2.45, 2.75) is 11.3 Å². The summed E-state index contributed by atoms with van der Waals surface area (Å²) >= 11 is 0. The number of carbonyl (C=O) groups excluding carboxylic acids is 1. The zero-order chi connectivity index (χ0) is 15.3. The molecule has 0 aliphatic rings. The number of ether oxygens (including phenoxy) is 1. The van der Waals surface area contributed by atoms with E-state index in [4.69, 9.17) is 0 Å². The minimum absolute atomic E-state index is 0.189. The Balaban J connectivity index is 2.85. The molecule has 0 radical (unpaired) electrons. The van der Waals surface area contributed by atoms with E-state index >= 15 is 0 Å². The van der Waals surface area contributed by atoms with Crippen molar-refractivity contribution in [2.75, 3.05) is 13.7 Å². The normalized spacial score (nSPS) is 11.1. The molecule has 110 valence electrons. The maximum absolute atomic E-state index is 13.3. The van der Waals surface area contributed by atoms with E-state index in [0.717, 1.165) is 19.2 Å². The van der Waals surface area contributed by atoms with Crippen molar-refractivity contribution >= 4 is 21.7 Å². The number of carbonyl (C=O) groups is 1. The molecular formula is C10H11FN2O6S. The number of methoxy groups -OCH3 is 1. The van der Waals surface area contributed by atoms with Gasteiger partial charge in [-0.25, -0.2) is 13.1 Å². The third-order valence-electron chi connectivity index (χ3n) is 2.28. The minimum atomic E-state index is -4.05. The second kappa shape index (κ2) is 6.39. The van der Waals surface area contributed by atoms with Crippen LogP contribution in [0.3, 0.4) is 0 Å². The molecule has 1 rings (SSSR count). The summed E-state index contributed by atoms with van der Waals surface area (Å²) in [4.78, 5) is 19.8. The van der Waals surface area contributed by atoms with Crippen molar-refractivity contribution in [1.82, 2.24) is 4.72 Å². The monoisotopic (exact) mass is 306 g/mol. The van der Waals surface area contributed by atoms with Crippen LogP contribution in [-0.2, 0) is 19.6 Å². The van der Waals surface area contributed by atoms with Gasteiger partial charge >= 0.3 is 11.7 Å². The quantitative estimate of drug-likeness (QED) is 0.467. The number of hydrogen-bond donors (Lipinski definition) is 1. The van der Waals surface area contributed by atoms with Gasteiger partial charge in [-0.1, -0.05) is 0 Å². The van der Waals surface area contributed by atoms with E-state index in [-0.39, 0.29) is 13.0 Å². The van der Waals surface area contributed by atoms with Gasteiger partial charge in [0.25, 0.3) is 0 Å². The number of nitrogens with zero attached hydrogens (tertiary/aromatic N) is 1. The van der Waals surface area contributed by atoms with Crippen LogP contribution in [0.4, 0.5) is 10.1 Å². The number of nitrogens with one attached hydrogen (secondary N) is 1. The van der Waals surface area contributed by atoms with Gasteiger partial charge in [0.15, 0.2) is 0 Å². The average molecular weight is 306 g/mol. The summed E-state index contributed by atoms with van der Waals surface area (Å²) in [6, 6.07) is 2.20. The summed E-state index contributed by atoms with van der Waals surface area (Å²) < 4.78 is 43.2. The molecule has 0 spiro atoms. The highest BCUT2D eigenvalue weighted by Gasteiger charge is 2.20. The fourth-order valence-electron chi connectivity index (χ4n) is 1.28. The molecule has 1 aromatic carbocycles. The van der Waals surface area contributed by atoms with Gasteiger partial charge < -0.3 is 4.74 Å². The van der Waals surface area contributed by atoms with Gasteiger partial charge in [0.2, 0.25) is 15.8 Å². The van der Waals surface area contributed by atoms with Crippen molar-refractivity contribution in [3.8, 4) is 0 Å². The molecule has 0 aromatic heterocycles. The zero-order valence-corrected chi connectivity index (χ0v) is 11.1. The first-order chi connectivity index (χ1) is 9.27. The van der Waals surface area contributed by atoms with E-state index in [9.17, 15) is 27.7 Å². The van der Waals surface area contributed by atoms with Gasteiger partial charge in [0.1, 0.15) is 0 Å². The standard InChI is InChI=1S/C10H11FN2O6S/c1-19-10(14)4-5-12-20(17,18)7-2-3-9(13(15)16)8(11)6-7/h2-3,6,12H,4-5H2,1H3. The van der Waals surface area contributed by atoms with Gasteiger partial charge in [0, 0.05) is 18.7 Å². The minimum Gasteiger partial charge on any atom is -0.469 e. The van der Waals surface area contributed by atoms with E-state index in [1.807, 2.05) is 0 Å². The molecule has 0 saturated heterocycles. The van der Waals surface area contributed by atoms with Gasteiger partial charge in [-0.3, -0.25) is 14.9 Å². The fraction of sp³-hybridized carbons (Fsp3) is 0.300. The summed E-state index contributed by atoms with van der Waals surface area (Å²) in [6.07, 6.45) is -0.189. The predicted molar refractivity (Wildman–Crippen MR) is 64.9 cm³/mol. The van der Waals surface area contributed by atoms with Gasteiger partial charge in [-0.15, -0.1) is 0 Å². The molecule has 20 heavy (non-hydrogen) atoms. The molecule has 10 heteroatoms. The Kier molecular flexibility index (Phi) is 5.11. The molecule has 8 nitrogen and oxygen atoms in total. The van der Waals surface area contributed by atoms with Crippen molar-refractivity contribution in [3.63, 3.8) is 0 Å². The molecule has 0 heterocycles. The molecule has 0 unspecified atom stereocenters. The van der Waals surface area contributed by atoms with Gasteiger partial charge in [-0.05, 0) is 6.07 Å². The predicted octanol–water partition coefficient (Wildman–Crippen LogP) is 0.575. The third kappa shape index (κ3) is 3.96. The van der Waals surface area contributed by atoms with Crippen molar-refractivity contribution in [2.24, 2.45) is 0 Å². The van der Waals surface area contributed by atoms with Gasteiger partial charge in [0.05, 0.1) is 23.3 Å². The summed E-state index contributed by atoms with van der Waals surface area (Å²) in [5.41, 5.74) is -0.821. The summed E-state index contributed by atoms with van der Waals surface area (Å²) in [7, 11) is -2.89.